The molecule has 94 valence electrons. The molecule has 0 aliphatic carbocycles. The third-order valence-corrected chi connectivity index (χ3v) is 2.33. The Hall–Kier alpha value is -2.01. The Bertz CT molecular complexity index is 526. The molecule has 2 aromatic rings. The average molecular weight is 250 g/mol. The second-order valence-corrected chi connectivity index (χ2v) is 3.75. The number of pyridine rings is 1. The van der Waals surface area contributed by atoms with Crippen LogP contribution in [0.5, 0.6) is 5.75 Å². The van der Waals surface area contributed by atoms with E-state index in [2.05, 4.69) is 4.98 Å². The van der Waals surface area contributed by atoms with E-state index >= 15 is 0 Å². The monoisotopic (exact) mass is 250 g/mol. The number of aromatic nitrogens is 1. The van der Waals surface area contributed by atoms with E-state index in [1.54, 1.807) is 18.3 Å². The zero-order valence-electron chi connectivity index (χ0n) is 9.57. The second kappa shape index (κ2) is 5.55. The van der Waals surface area contributed by atoms with Gasteiger partial charge in [0.25, 0.3) is 0 Å². The molecule has 0 bridgehead atoms. The summed E-state index contributed by atoms with van der Waals surface area (Å²) in [5, 5.41) is 0. The first-order chi connectivity index (χ1) is 8.67. The van der Waals surface area contributed by atoms with Gasteiger partial charge in [0.2, 0.25) is 0 Å². The van der Waals surface area contributed by atoms with Gasteiger partial charge < -0.3 is 10.5 Å². The van der Waals surface area contributed by atoms with Crippen molar-refractivity contribution in [1.29, 1.82) is 0 Å². The third kappa shape index (κ3) is 3.24. The van der Waals surface area contributed by atoms with E-state index in [4.69, 9.17) is 10.5 Å². The first-order valence-corrected chi connectivity index (χ1v) is 5.40. The largest absolute Gasteiger partial charge is 0.489 e. The summed E-state index contributed by atoms with van der Waals surface area (Å²) in [7, 11) is 0. The van der Waals surface area contributed by atoms with E-state index in [9.17, 15) is 8.78 Å². The lowest BCUT2D eigenvalue weighted by Crippen LogP contribution is -2.02. The normalized spacial score (nSPS) is 10.4. The van der Waals surface area contributed by atoms with Crippen molar-refractivity contribution in [3.05, 3.63) is 59.4 Å². The lowest BCUT2D eigenvalue weighted by molar-refractivity contribution is 0.302. The van der Waals surface area contributed by atoms with E-state index in [-0.39, 0.29) is 12.4 Å². The molecule has 1 heterocycles. The van der Waals surface area contributed by atoms with Gasteiger partial charge in [0.15, 0.2) is 0 Å². The Morgan fingerprint density at radius 2 is 1.83 bits per heavy atom. The highest BCUT2D eigenvalue weighted by molar-refractivity contribution is 5.24. The maximum atomic E-state index is 12.9. The molecule has 0 aliphatic heterocycles. The molecule has 0 fully saturated rings. The molecular weight excluding hydrogens is 238 g/mol. The standard InChI is InChI=1S/C13H12F2N2O/c14-10-4-11(15)6-13(5-10)18-8-9-1-2-17-12(3-9)7-16/h1-6H,7-8,16H2. The molecule has 2 N–H and O–H groups in total. The van der Waals surface area contributed by atoms with Crippen LogP contribution >= 0.6 is 0 Å². The Kier molecular flexibility index (Phi) is 3.84. The van der Waals surface area contributed by atoms with Crippen molar-refractivity contribution >= 4 is 0 Å². The van der Waals surface area contributed by atoms with Crippen molar-refractivity contribution in [3.8, 4) is 5.75 Å². The van der Waals surface area contributed by atoms with Crippen molar-refractivity contribution in [2.24, 2.45) is 5.73 Å². The summed E-state index contributed by atoms with van der Waals surface area (Å²) in [5.74, 6) is -1.18. The summed E-state index contributed by atoms with van der Waals surface area (Å²) < 4.78 is 31.2. The van der Waals surface area contributed by atoms with Crippen LogP contribution in [0.4, 0.5) is 8.78 Å². The molecule has 18 heavy (non-hydrogen) atoms. The summed E-state index contributed by atoms with van der Waals surface area (Å²) in [5.41, 5.74) is 7.04. The zero-order valence-corrected chi connectivity index (χ0v) is 9.57. The molecular formula is C13H12F2N2O. The van der Waals surface area contributed by atoms with Crippen LogP contribution in [-0.2, 0) is 13.2 Å². The Balaban J connectivity index is 2.06. The fourth-order valence-electron chi connectivity index (χ4n) is 1.51. The summed E-state index contributed by atoms with van der Waals surface area (Å²) in [4.78, 5) is 4.04. The van der Waals surface area contributed by atoms with Crippen LogP contribution in [0, 0.1) is 11.6 Å². The molecule has 2 rings (SSSR count). The van der Waals surface area contributed by atoms with Gasteiger partial charge in [0, 0.05) is 30.9 Å². The van der Waals surface area contributed by atoms with Gasteiger partial charge in [-0.1, -0.05) is 0 Å². The molecule has 0 unspecified atom stereocenters. The van der Waals surface area contributed by atoms with Gasteiger partial charge >= 0.3 is 0 Å². The van der Waals surface area contributed by atoms with Crippen molar-refractivity contribution in [2.45, 2.75) is 13.2 Å². The molecule has 0 aliphatic rings. The van der Waals surface area contributed by atoms with Crippen LogP contribution in [0.25, 0.3) is 0 Å². The van der Waals surface area contributed by atoms with Crippen molar-refractivity contribution in [1.82, 2.24) is 4.98 Å². The van der Waals surface area contributed by atoms with E-state index in [0.717, 1.165) is 29.5 Å². The Morgan fingerprint density at radius 3 is 2.50 bits per heavy atom. The van der Waals surface area contributed by atoms with Gasteiger partial charge in [0.05, 0.1) is 5.69 Å². The Labute approximate surface area is 103 Å². The molecule has 0 amide bonds. The van der Waals surface area contributed by atoms with Crippen molar-refractivity contribution in [2.75, 3.05) is 0 Å². The molecule has 0 saturated heterocycles. The highest BCUT2D eigenvalue weighted by atomic mass is 19.1. The van der Waals surface area contributed by atoms with E-state index < -0.39 is 11.6 Å². The van der Waals surface area contributed by atoms with E-state index in [0.29, 0.717) is 6.54 Å². The number of nitrogens with two attached hydrogens (primary N) is 1. The van der Waals surface area contributed by atoms with Crippen LogP contribution in [0.1, 0.15) is 11.3 Å². The minimum atomic E-state index is -0.664. The summed E-state index contributed by atoms with van der Waals surface area (Å²) in [6.45, 7) is 0.543. The molecule has 1 aromatic carbocycles. The maximum absolute atomic E-state index is 12.9. The second-order valence-electron chi connectivity index (χ2n) is 3.75. The molecule has 0 radical (unpaired) electrons. The van der Waals surface area contributed by atoms with Crippen molar-refractivity contribution in [3.63, 3.8) is 0 Å². The predicted molar refractivity (Wildman–Crippen MR) is 62.8 cm³/mol. The molecule has 0 atom stereocenters. The van der Waals surface area contributed by atoms with Crippen molar-refractivity contribution < 1.29 is 13.5 Å². The lowest BCUT2D eigenvalue weighted by Gasteiger charge is -2.07. The van der Waals surface area contributed by atoms with Crippen LogP contribution in [0.15, 0.2) is 36.5 Å². The van der Waals surface area contributed by atoms with Gasteiger partial charge in [0.1, 0.15) is 24.0 Å². The smallest absolute Gasteiger partial charge is 0.129 e. The minimum Gasteiger partial charge on any atom is -0.489 e. The number of nitrogens with zero attached hydrogens (tertiary/aromatic N) is 1. The summed E-state index contributed by atoms with van der Waals surface area (Å²) in [6.07, 6.45) is 1.62. The minimum absolute atomic E-state index is 0.151. The average Bonchev–Trinajstić information content (AvgIpc) is 2.35. The topological polar surface area (TPSA) is 48.1 Å². The van der Waals surface area contributed by atoms with E-state index in [1.807, 2.05) is 0 Å². The SMILES string of the molecule is NCc1cc(COc2cc(F)cc(F)c2)ccn1. The number of ether oxygens (including phenoxy) is 1. The number of hydrogen-bond acceptors (Lipinski definition) is 3. The highest BCUT2D eigenvalue weighted by Gasteiger charge is 2.02. The number of halogens is 2. The predicted octanol–water partition coefficient (Wildman–Crippen LogP) is 2.40. The number of rotatable bonds is 4. The Morgan fingerprint density at radius 1 is 1.11 bits per heavy atom. The number of benzene rings is 1. The van der Waals surface area contributed by atoms with Gasteiger partial charge in [-0.25, -0.2) is 8.78 Å². The molecule has 3 nitrogen and oxygen atoms in total. The first-order valence-electron chi connectivity index (χ1n) is 5.40. The quantitative estimate of drug-likeness (QED) is 0.906. The fourth-order valence-corrected chi connectivity index (χ4v) is 1.51. The van der Waals surface area contributed by atoms with Crippen LogP contribution in [0.3, 0.4) is 0 Å². The number of hydrogen-bond donors (Lipinski definition) is 1. The van der Waals surface area contributed by atoms with Gasteiger partial charge in [-0.3, -0.25) is 4.98 Å². The maximum Gasteiger partial charge on any atom is 0.129 e. The fraction of sp³-hybridized carbons (Fsp3) is 0.154. The highest BCUT2D eigenvalue weighted by Crippen LogP contribution is 2.16. The van der Waals surface area contributed by atoms with Crippen LogP contribution in [0.2, 0.25) is 0 Å². The molecule has 0 saturated carbocycles. The third-order valence-electron chi connectivity index (χ3n) is 2.33. The van der Waals surface area contributed by atoms with Gasteiger partial charge in [-0.2, -0.15) is 0 Å². The van der Waals surface area contributed by atoms with E-state index in [1.165, 1.54) is 0 Å². The van der Waals surface area contributed by atoms with Crippen LogP contribution < -0.4 is 10.5 Å². The zero-order chi connectivity index (χ0) is 13.0. The lowest BCUT2D eigenvalue weighted by atomic mass is 10.2. The molecule has 1 aromatic heterocycles. The first kappa shape index (κ1) is 12.4. The molecule has 0 spiro atoms. The van der Waals surface area contributed by atoms with Crippen LogP contribution in [-0.4, -0.2) is 4.98 Å². The molecule has 5 heteroatoms. The van der Waals surface area contributed by atoms with Gasteiger partial charge in [-0.15, -0.1) is 0 Å². The summed E-state index contributed by atoms with van der Waals surface area (Å²) >= 11 is 0. The van der Waals surface area contributed by atoms with Gasteiger partial charge in [-0.05, 0) is 17.7 Å². The summed E-state index contributed by atoms with van der Waals surface area (Å²) in [6, 6.07) is 6.61.